The number of aromatic nitrogens is 2. The molecule has 0 radical (unpaired) electrons. The third kappa shape index (κ3) is 4.17. The number of likely N-dealkylation sites (tertiary alicyclic amines) is 1. The lowest BCUT2D eigenvalue weighted by atomic mass is 10.1. The molecule has 0 saturated carbocycles. The van der Waals surface area contributed by atoms with Crippen molar-refractivity contribution < 1.29 is 9.59 Å². The van der Waals surface area contributed by atoms with Crippen LogP contribution in [-0.4, -0.2) is 39.2 Å². The molecule has 0 bridgehead atoms. The molecule has 1 aliphatic heterocycles. The quantitative estimate of drug-likeness (QED) is 0.668. The lowest BCUT2D eigenvalue weighted by Crippen LogP contribution is -2.31. The van der Waals surface area contributed by atoms with Gasteiger partial charge in [0.25, 0.3) is 5.56 Å². The first-order valence-corrected chi connectivity index (χ1v) is 10.4. The van der Waals surface area contributed by atoms with Gasteiger partial charge in [-0.3, -0.25) is 19.1 Å². The summed E-state index contributed by atoms with van der Waals surface area (Å²) in [5, 5.41) is 2.79. The first kappa shape index (κ1) is 20.7. The summed E-state index contributed by atoms with van der Waals surface area (Å²) in [7, 11) is 1.78. The van der Waals surface area contributed by atoms with E-state index in [-0.39, 0.29) is 29.5 Å². The van der Waals surface area contributed by atoms with Crippen LogP contribution >= 0.6 is 0 Å². The molecular weight excluding hydrogens is 392 g/mol. The van der Waals surface area contributed by atoms with Crippen molar-refractivity contribution >= 4 is 17.5 Å². The monoisotopic (exact) mass is 418 g/mol. The maximum absolute atomic E-state index is 13.0. The topological polar surface area (TPSA) is 76.3 Å². The molecule has 0 spiro atoms. The molecule has 160 valence electrons. The normalized spacial score (nSPS) is 16.0. The number of para-hydroxylation sites is 1. The minimum Gasteiger partial charge on any atom is -0.342 e. The van der Waals surface area contributed by atoms with Crippen molar-refractivity contribution in [2.45, 2.75) is 19.8 Å². The van der Waals surface area contributed by atoms with Gasteiger partial charge in [0.05, 0.1) is 17.3 Å². The number of benzene rings is 2. The standard InChI is InChI=1S/C24H26N4O3/c1-17-22(24(31)28(26(17)2)20-11-7-4-8-12-20)25-23(30)19-15-21(29)27(16-19)14-13-18-9-5-3-6-10-18/h3-12,19H,13-16H2,1-2H3,(H,25,30). The molecule has 2 aromatic carbocycles. The highest BCUT2D eigenvalue weighted by atomic mass is 16.2. The van der Waals surface area contributed by atoms with Crippen LogP contribution in [0.15, 0.2) is 65.5 Å². The molecular formula is C24H26N4O3. The van der Waals surface area contributed by atoms with E-state index in [4.69, 9.17) is 0 Å². The van der Waals surface area contributed by atoms with Gasteiger partial charge in [-0.05, 0) is 31.0 Å². The van der Waals surface area contributed by atoms with Crippen molar-refractivity contribution in [3.63, 3.8) is 0 Å². The first-order valence-electron chi connectivity index (χ1n) is 10.4. The van der Waals surface area contributed by atoms with Crippen LogP contribution in [0, 0.1) is 12.8 Å². The van der Waals surface area contributed by atoms with E-state index in [1.165, 1.54) is 4.68 Å². The van der Waals surface area contributed by atoms with Crippen LogP contribution in [0.2, 0.25) is 0 Å². The fraction of sp³-hybridized carbons (Fsp3) is 0.292. The maximum Gasteiger partial charge on any atom is 0.295 e. The number of hydrogen-bond donors (Lipinski definition) is 1. The Morgan fingerprint density at radius 3 is 2.35 bits per heavy atom. The third-order valence-electron chi connectivity index (χ3n) is 5.90. The van der Waals surface area contributed by atoms with Crippen molar-refractivity contribution in [1.82, 2.24) is 14.3 Å². The predicted molar refractivity (Wildman–Crippen MR) is 119 cm³/mol. The van der Waals surface area contributed by atoms with E-state index < -0.39 is 5.92 Å². The number of nitrogens with zero attached hydrogens (tertiary/aromatic N) is 3. The number of rotatable bonds is 6. The molecule has 1 saturated heterocycles. The van der Waals surface area contributed by atoms with Crippen LogP contribution in [0.3, 0.4) is 0 Å². The summed E-state index contributed by atoms with van der Waals surface area (Å²) >= 11 is 0. The van der Waals surface area contributed by atoms with Crippen molar-refractivity contribution in [2.24, 2.45) is 13.0 Å². The van der Waals surface area contributed by atoms with Crippen molar-refractivity contribution in [3.05, 3.63) is 82.3 Å². The van der Waals surface area contributed by atoms with Gasteiger partial charge < -0.3 is 10.2 Å². The Balaban J connectivity index is 1.45. The van der Waals surface area contributed by atoms with E-state index in [1.807, 2.05) is 60.7 Å². The van der Waals surface area contributed by atoms with Gasteiger partial charge in [-0.15, -0.1) is 0 Å². The number of amides is 2. The predicted octanol–water partition coefficient (Wildman–Crippen LogP) is 2.51. The van der Waals surface area contributed by atoms with Crippen LogP contribution in [0.25, 0.3) is 5.69 Å². The average molecular weight is 418 g/mol. The Bertz CT molecular complexity index is 1150. The molecule has 1 aliphatic rings. The van der Waals surface area contributed by atoms with Crippen molar-refractivity contribution in [2.75, 3.05) is 18.4 Å². The molecule has 7 heteroatoms. The number of carbonyl (C=O) groups excluding carboxylic acids is 2. The Hall–Kier alpha value is -3.61. The molecule has 1 atom stereocenters. The molecule has 2 amide bonds. The smallest absolute Gasteiger partial charge is 0.295 e. The molecule has 1 fully saturated rings. The van der Waals surface area contributed by atoms with Gasteiger partial charge in [0.2, 0.25) is 11.8 Å². The van der Waals surface area contributed by atoms with Crippen molar-refractivity contribution in [1.29, 1.82) is 0 Å². The number of carbonyl (C=O) groups is 2. The first-order chi connectivity index (χ1) is 15.0. The lowest BCUT2D eigenvalue weighted by molar-refractivity contribution is -0.128. The van der Waals surface area contributed by atoms with Crippen LogP contribution in [0.1, 0.15) is 17.7 Å². The second-order valence-electron chi connectivity index (χ2n) is 7.90. The maximum atomic E-state index is 13.0. The minimum atomic E-state index is -0.465. The molecule has 2 heterocycles. The SMILES string of the molecule is Cc1c(NC(=O)C2CC(=O)N(CCc3ccccc3)C2)c(=O)n(-c2ccccc2)n1C. The van der Waals surface area contributed by atoms with E-state index in [2.05, 4.69) is 5.32 Å². The molecule has 0 aliphatic carbocycles. The lowest BCUT2D eigenvalue weighted by Gasteiger charge is -2.16. The van der Waals surface area contributed by atoms with Gasteiger partial charge in [-0.2, -0.15) is 0 Å². The largest absolute Gasteiger partial charge is 0.342 e. The summed E-state index contributed by atoms with van der Waals surface area (Å²) in [5.41, 5.74) is 2.51. The fourth-order valence-electron chi connectivity index (χ4n) is 4.01. The molecule has 1 N–H and O–H groups in total. The third-order valence-corrected chi connectivity index (χ3v) is 5.90. The minimum absolute atomic E-state index is 0.0254. The second kappa shape index (κ2) is 8.63. The van der Waals surface area contributed by atoms with E-state index in [9.17, 15) is 14.4 Å². The van der Waals surface area contributed by atoms with E-state index in [0.29, 0.717) is 18.8 Å². The molecule has 4 rings (SSSR count). The second-order valence-corrected chi connectivity index (χ2v) is 7.90. The van der Waals surface area contributed by atoms with Gasteiger partial charge in [0, 0.05) is 26.6 Å². The fourth-order valence-corrected chi connectivity index (χ4v) is 4.01. The summed E-state index contributed by atoms with van der Waals surface area (Å²) in [6.45, 7) is 2.75. The Morgan fingerprint density at radius 1 is 1.03 bits per heavy atom. The summed E-state index contributed by atoms with van der Waals surface area (Å²) in [4.78, 5) is 40.0. The summed E-state index contributed by atoms with van der Waals surface area (Å²) < 4.78 is 3.25. The zero-order chi connectivity index (χ0) is 22.0. The van der Waals surface area contributed by atoms with Gasteiger partial charge in [-0.1, -0.05) is 48.5 Å². The Kier molecular flexibility index (Phi) is 5.75. The molecule has 3 aromatic rings. The number of nitrogens with one attached hydrogen (secondary N) is 1. The van der Waals surface area contributed by atoms with Gasteiger partial charge in [-0.25, -0.2) is 4.68 Å². The van der Waals surface area contributed by atoms with E-state index in [0.717, 1.165) is 17.7 Å². The highest BCUT2D eigenvalue weighted by molar-refractivity contribution is 5.97. The molecule has 1 unspecified atom stereocenters. The molecule has 1 aromatic heterocycles. The summed E-state index contributed by atoms with van der Waals surface area (Å²) in [6.07, 6.45) is 0.917. The van der Waals surface area contributed by atoms with Crippen molar-refractivity contribution in [3.8, 4) is 5.69 Å². The van der Waals surface area contributed by atoms with Gasteiger partial charge in [0.1, 0.15) is 5.69 Å². The van der Waals surface area contributed by atoms with Crippen LogP contribution in [0.5, 0.6) is 0 Å². The zero-order valence-electron chi connectivity index (χ0n) is 17.7. The Morgan fingerprint density at radius 2 is 1.68 bits per heavy atom. The highest BCUT2D eigenvalue weighted by Gasteiger charge is 2.34. The highest BCUT2D eigenvalue weighted by Crippen LogP contribution is 2.21. The van der Waals surface area contributed by atoms with E-state index >= 15 is 0 Å². The molecule has 7 nitrogen and oxygen atoms in total. The summed E-state index contributed by atoms with van der Waals surface area (Å²) in [5.74, 6) is -0.781. The van der Waals surface area contributed by atoms with Gasteiger partial charge >= 0.3 is 0 Å². The Labute approximate surface area is 180 Å². The van der Waals surface area contributed by atoms with Gasteiger partial charge in [0.15, 0.2) is 0 Å². The number of anilines is 1. The zero-order valence-corrected chi connectivity index (χ0v) is 17.7. The average Bonchev–Trinajstić information content (AvgIpc) is 3.26. The van der Waals surface area contributed by atoms with Crippen LogP contribution in [0.4, 0.5) is 5.69 Å². The molecule has 31 heavy (non-hydrogen) atoms. The summed E-state index contributed by atoms with van der Waals surface area (Å²) in [6, 6.07) is 19.2. The van der Waals surface area contributed by atoms with Crippen LogP contribution < -0.4 is 10.9 Å². The van der Waals surface area contributed by atoms with Crippen LogP contribution in [-0.2, 0) is 23.1 Å². The van der Waals surface area contributed by atoms with E-state index in [1.54, 1.807) is 23.6 Å². The number of hydrogen-bond acceptors (Lipinski definition) is 3.